The zero-order valence-corrected chi connectivity index (χ0v) is 11.9. The smallest absolute Gasteiger partial charge is 0.150 e. The summed E-state index contributed by atoms with van der Waals surface area (Å²) in [6.07, 6.45) is 0. The Morgan fingerprint density at radius 1 is 0.762 bits per heavy atom. The summed E-state index contributed by atoms with van der Waals surface area (Å²) in [6, 6.07) is 23.9. The average Bonchev–Trinajstić information content (AvgIpc) is 2.51. The molecule has 0 fully saturated rings. The van der Waals surface area contributed by atoms with E-state index in [4.69, 9.17) is 10.5 Å². The van der Waals surface area contributed by atoms with Crippen molar-refractivity contribution in [2.24, 2.45) is 0 Å². The molecule has 0 saturated heterocycles. The highest BCUT2D eigenvalue weighted by atomic mass is 16.5. The van der Waals surface area contributed by atoms with Gasteiger partial charge in [-0.15, -0.1) is 0 Å². The first-order valence-electron chi connectivity index (χ1n) is 6.92. The van der Waals surface area contributed by atoms with E-state index in [9.17, 15) is 0 Å². The van der Waals surface area contributed by atoms with Crippen LogP contribution in [0.2, 0.25) is 0 Å². The Bertz CT molecular complexity index is 733. The maximum absolute atomic E-state index is 6.01. The Balaban J connectivity index is 1.94. The Morgan fingerprint density at radius 2 is 1.43 bits per heavy atom. The fraction of sp³-hybridized carbons (Fsp3) is 0.0526. The number of para-hydroxylation sites is 1. The minimum Gasteiger partial charge on any atom is -0.455 e. The van der Waals surface area contributed by atoms with Gasteiger partial charge in [-0.1, -0.05) is 54.1 Å². The van der Waals surface area contributed by atoms with Crippen molar-refractivity contribution >= 4 is 5.69 Å². The van der Waals surface area contributed by atoms with Crippen LogP contribution in [0.4, 0.5) is 5.69 Å². The van der Waals surface area contributed by atoms with Crippen LogP contribution in [0.15, 0.2) is 72.8 Å². The van der Waals surface area contributed by atoms with Crippen molar-refractivity contribution in [1.29, 1.82) is 0 Å². The maximum atomic E-state index is 6.01. The predicted molar refractivity (Wildman–Crippen MR) is 87.5 cm³/mol. The summed E-state index contributed by atoms with van der Waals surface area (Å²) in [5.74, 6) is 1.46. The molecular weight excluding hydrogens is 258 g/mol. The van der Waals surface area contributed by atoms with Crippen LogP contribution in [0.5, 0.6) is 11.5 Å². The first-order valence-corrected chi connectivity index (χ1v) is 6.92. The molecular formula is C19H17NO. The zero-order valence-electron chi connectivity index (χ0n) is 11.9. The number of nitrogen functional groups attached to an aromatic ring is 1. The zero-order chi connectivity index (χ0) is 14.7. The minimum absolute atomic E-state index is 0.634. The summed E-state index contributed by atoms with van der Waals surface area (Å²) < 4.78 is 5.87. The molecule has 0 amide bonds. The van der Waals surface area contributed by atoms with Gasteiger partial charge in [0, 0.05) is 0 Å². The fourth-order valence-corrected chi connectivity index (χ4v) is 2.16. The number of hydrogen-bond donors (Lipinski definition) is 1. The summed E-state index contributed by atoms with van der Waals surface area (Å²) in [4.78, 5) is 0. The van der Waals surface area contributed by atoms with Crippen LogP contribution in [0.3, 0.4) is 0 Å². The molecule has 0 bridgehead atoms. The molecule has 0 heterocycles. The molecule has 3 aromatic carbocycles. The van der Waals surface area contributed by atoms with E-state index in [1.807, 2.05) is 48.5 Å². The monoisotopic (exact) mass is 275 g/mol. The number of hydrogen-bond acceptors (Lipinski definition) is 2. The van der Waals surface area contributed by atoms with Crippen LogP contribution >= 0.6 is 0 Å². The lowest BCUT2D eigenvalue weighted by atomic mass is 10.0. The van der Waals surface area contributed by atoms with Crippen molar-refractivity contribution in [2.45, 2.75) is 6.92 Å². The molecule has 0 atom stereocenters. The first kappa shape index (κ1) is 13.3. The van der Waals surface area contributed by atoms with Gasteiger partial charge in [0.25, 0.3) is 0 Å². The molecule has 0 aliphatic heterocycles. The van der Waals surface area contributed by atoms with E-state index in [2.05, 4.69) is 31.2 Å². The van der Waals surface area contributed by atoms with Gasteiger partial charge < -0.3 is 10.5 Å². The van der Waals surface area contributed by atoms with Gasteiger partial charge in [-0.05, 0) is 42.3 Å². The number of benzene rings is 3. The Morgan fingerprint density at radius 3 is 2.14 bits per heavy atom. The Hall–Kier alpha value is -2.74. The average molecular weight is 275 g/mol. The van der Waals surface area contributed by atoms with Crippen LogP contribution < -0.4 is 10.5 Å². The lowest BCUT2D eigenvalue weighted by molar-refractivity contribution is 0.485. The Kier molecular flexibility index (Phi) is 3.61. The van der Waals surface area contributed by atoms with Crippen LogP contribution in [0.25, 0.3) is 11.1 Å². The van der Waals surface area contributed by atoms with Gasteiger partial charge >= 0.3 is 0 Å². The van der Waals surface area contributed by atoms with Crippen molar-refractivity contribution in [3.8, 4) is 22.6 Å². The topological polar surface area (TPSA) is 35.2 Å². The highest BCUT2D eigenvalue weighted by Gasteiger charge is 2.05. The molecule has 3 aromatic rings. The number of rotatable bonds is 3. The lowest BCUT2D eigenvalue weighted by Crippen LogP contribution is -1.92. The minimum atomic E-state index is 0.634. The summed E-state index contributed by atoms with van der Waals surface area (Å²) in [6.45, 7) is 2.08. The lowest BCUT2D eigenvalue weighted by Gasteiger charge is -2.11. The van der Waals surface area contributed by atoms with Crippen molar-refractivity contribution < 1.29 is 4.74 Å². The molecule has 0 saturated carbocycles. The molecule has 0 spiro atoms. The summed E-state index contributed by atoms with van der Waals surface area (Å²) in [5, 5.41) is 0. The summed E-state index contributed by atoms with van der Waals surface area (Å²) in [5.41, 5.74) is 10.1. The largest absolute Gasteiger partial charge is 0.455 e. The standard InChI is InChI=1S/C19H17NO/c1-14-7-9-15(10-8-14)16-11-12-18(20)19(13-16)21-17-5-3-2-4-6-17/h2-13H,20H2,1H3. The van der Waals surface area contributed by atoms with Crippen LogP contribution in [0, 0.1) is 6.92 Å². The van der Waals surface area contributed by atoms with Gasteiger partial charge in [-0.2, -0.15) is 0 Å². The number of nitrogens with two attached hydrogens (primary N) is 1. The highest BCUT2D eigenvalue weighted by Crippen LogP contribution is 2.32. The number of anilines is 1. The van der Waals surface area contributed by atoms with Gasteiger partial charge in [0.1, 0.15) is 5.75 Å². The van der Waals surface area contributed by atoms with Crippen molar-refractivity contribution in [2.75, 3.05) is 5.73 Å². The second-order valence-corrected chi connectivity index (χ2v) is 5.03. The van der Waals surface area contributed by atoms with Gasteiger partial charge in [0.05, 0.1) is 5.69 Å². The van der Waals surface area contributed by atoms with E-state index in [1.54, 1.807) is 0 Å². The molecule has 0 radical (unpaired) electrons. The van der Waals surface area contributed by atoms with E-state index >= 15 is 0 Å². The molecule has 2 N–H and O–H groups in total. The fourth-order valence-electron chi connectivity index (χ4n) is 2.16. The normalized spacial score (nSPS) is 10.3. The molecule has 0 aromatic heterocycles. The molecule has 0 aliphatic carbocycles. The van der Waals surface area contributed by atoms with E-state index in [1.165, 1.54) is 5.56 Å². The number of aryl methyl sites for hydroxylation is 1. The molecule has 2 nitrogen and oxygen atoms in total. The summed E-state index contributed by atoms with van der Waals surface area (Å²) >= 11 is 0. The Labute approximate surface area is 124 Å². The molecule has 21 heavy (non-hydrogen) atoms. The third-order valence-electron chi connectivity index (χ3n) is 3.37. The van der Waals surface area contributed by atoms with Crippen molar-refractivity contribution in [3.05, 3.63) is 78.4 Å². The maximum Gasteiger partial charge on any atom is 0.150 e. The van der Waals surface area contributed by atoms with E-state index < -0.39 is 0 Å². The van der Waals surface area contributed by atoms with Crippen LogP contribution in [-0.2, 0) is 0 Å². The molecule has 3 rings (SSSR count). The van der Waals surface area contributed by atoms with E-state index in [0.29, 0.717) is 11.4 Å². The first-order chi connectivity index (χ1) is 10.2. The number of ether oxygens (including phenoxy) is 1. The van der Waals surface area contributed by atoms with E-state index in [-0.39, 0.29) is 0 Å². The molecule has 2 heteroatoms. The molecule has 0 aliphatic rings. The second kappa shape index (κ2) is 5.71. The van der Waals surface area contributed by atoms with Gasteiger partial charge in [-0.25, -0.2) is 0 Å². The van der Waals surface area contributed by atoms with Crippen molar-refractivity contribution in [3.63, 3.8) is 0 Å². The highest BCUT2D eigenvalue weighted by molar-refractivity contribution is 5.70. The van der Waals surface area contributed by atoms with Gasteiger partial charge in [-0.3, -0.25) is 0 Å². The quantitative estimate of drug-likeness (QED) is 0.680. The molecule has 104 valence electrons. The van der Waals surface area contributed by atoms with Gasteiger partial charge in [0.2, 0.25) is 0 Å². The second-order valence-electron chi connectivity index (χ2n) is 5.03. The molecule has 0 unspecified atom stereocenters. The third kappa shape index (κ3) is 3.06. The SMILES string of the molecule is Cc1ccc(-c2ccc(N)c(Oc3ccccc3)c2)cc1. The predicted octanol–water partition coefficient (Wildman–Crippen LogP) is 5.04. The third-order valence-corrected chi connectivity index (χ3v) is 3.37. The van der Waals surface area contributed by atoms with Gasteiger partial charge in [0.15, 0.2) is 5.75 Å². The van der Waals surface area contributed by atoms with Crippen molar-refractivity contribution in [1.82, 2.24) is 0 Å². The summed E-state index contributed by atoms with van der Waals surface area (Å²) in [7, 11) is 0. The van der Waals surface area contributed by atoms with Crippen LogP contribution in [0.1, 0.15) is 5.56 Å². The van der Waals surface area contributed by atoms with E-state index in [0.717, 1.165) is 16.9 Å². The van der Waals surface area contributed by atoms with Crippen LogP contribution in [-0.4, -0.2) is 0 Å².